The lowest BCUT2D eigenvalue weighted by Crippen LogP contribution is -2.38. The van der Waals surface area contributed by atoms with Gasteiger partial charge in [0.2, 0.25) is 0 Å². The van der Waals surface area contributed by atoms with Gasteiger partial charge in [0.05, 0.1) is 24.4 Å². The Hall–Kier alpha value is -3.13. The molecule has 0 radical (unpaired) electrons. The second kappa shape index (κ2) is 8.67. The average molecular weight is 449 g/mol. The number of rotatable bonds is 4. The van der Waals surface area contributed by atoms with E-state index in [1.54, 1.807) is 7.11 Å². The summed E-state index contributed by atoms with van der Waals surface area (Å²) in [5.41, 5.74) is 10.5. The molecule has 2 saturated heterocycles. The van der Waals surface area contributed by atoms with Crippen molar-refractivity contribution in [1.29, 1.82) is 0 Å². The predicted octanol–water partition coefficient (Wildman–Crippen LogP) is 3.26. The Morgan fingerprint density at radius 2 is 2.00 bits per heavy atom. The first-order valence-corrected chi connectivity index (χ1v) is 11.8. The smallest absolute Gasteiger partial charge is 0.258 e. The number of anilines is 1. The highest BCUT2D eigenvalue weighted by Gasteiger charge is 2.32. The van der Waals surface area contributed by atoms with E-state index in [1.807, 2.05) is 46.8 Å². The molecule has 4 heterocycles. The molecule has 0 saturated carbocycles. The molecule has 2 aliphatic rings. The van der Waals surface area contributed by atoms with E-state index in [0.29, 0.717) is 17.9 Å². The van der Waals surface area contributed by atoms with Crippen LogP contribution in [0.1, 0.15) is 58.9 Å². The number of piperidine rings is 1. The SMILES string of the molecule is COc1cc(C)ccc1C(=O)N1CCCC[C@H]1c1cc2nc(N3CC[C@H](N)C3)c(C)cn2n1. The summed E-state index contributed by atoms with van der Waals surface area (Å²) in [6.45, 7) is 6.52. The van der Waals surface area contributed by atoms with Gasteiger partial charge in [-0.05, 0) is 57.2 Å². The molecule has 0 bridgehead atoms. The Kier molecular flexibility index (Phi) is 5.70. The lowest BCUT2D eigenvalue weighted by molar-refractivity contribution is 0.0602. The van der Waals surface area contributed by atoms with Crippen LogP contribution < -0.4 is 15.4 Å². The van der Waals surface area contributed by atoms with E-state index in [2.05, 4.69) is 11.8 Å². The first-order valence-electron chi connectivity index (χ1n) is 11.8. The molecule has 2 N–H and O–H groups in total. The standard InChI is InChI=1S/C25H32N6O2/c1-16-7-8-19(22(12-16)33-3)25(32)30-10-5-4-6-21(30)20-13-23-27-24(17(2)14-31(23)28-20)29-11-9-18(26)15-29/h7-8,12-14,18,21H,4-6,9-11,15,26H2,1-3H3/t18-,21-/m0/s1. The van der Waals surface area contributed by atoms with Gasteiger partial charge in [-0.25, -0.2) is 9.50 Å². The lowest BCUT2D eigenvalue weighted by atomic mass is 9.97. The number of ether oxygens (including phenoxy) is 1. The van der Waals surface area contributed by atoms with Gasteiger partial charge in [0.25, 0.3) is 5.91 Å². The maximum atomic E-state index is 13.6. The molecule has 3 aromatic rings. The first-order chi connectivity index (χ1) is 15.9. The maximum Gasteiger partial charge on any atom is 0.258 e. The van der Waals surface area contributed by atoms with Crippen LogP contribution in [0.2, 0.25) is 0 Å². The minimum absolute atomic E-state index is 0.00973. The molecule has 1 aromatic carbocycles. The third-order valence-corrected chi connectivity index (χ3v) is 6.84. The molecular formula is C25H32N6O2. The second-order valence-corrected chi connectivity index (χ2v) is 9.33. The van der Waals surface area contributed by atoms with Crippen molar-refractivity contribution in [3.63, 3.8) is 0 Å². The van der Waals surface area contributed by atoms with Crippen LogP contribution in [0.15, 0.2) is 30.5 Å². The number of fused-ring (bicyclic) bond motifs is 1. The predicted molar refractivity (Wildman–Crippen MR) is 128 cm³/mol. The molecule has 2 fully saturated rings. The minimum atomic E-state index is -0.0806. The Labute approximate surface area is 194 Å². The van der Waals surface area contributed by atoms with E-state index in [-0.39, 0.29) is 18.0 Å². The summed E-state index contributed by atoms with van der Waals surface area (Å²) in [4.78, 5) is 22.7. The maximum absolute atomic E-state index is 13.6. The summed E-state index contributed by atoms with van der Waals surface area (Å²) in [5.74, 6) is 1.58. The number of nitrogens with zero attached hydrogens (tertiary/aromatic N) is 5. The van der Waals surface area contributed by atoms with Gasteiger partial charge in [0.1, 0.15) is 11.6 Å². The lowest BCUT2D eigenvalue weighted by Gasteiger charge is -2.35. The fourth-order valence-electron chi connectivity index (χ4n) is 5.09. The van der Waals surface area contributed by atoms with Crippen LogP contribution in [0, 0.1) is 13.8 Å². The van der Waals surface area contributed by atoms with Crippen molar-refractivity contribution >= 4 is 17.4 Å². The molecule has 2 aromatic heterocycles. The molecule has 0 spiro atoms. The summed E-state index contributed by atoms with van der Waals surface area (Å²) in [6.07, 6.45) is 5.95. The number of benzene rings is 1. The summed E-state index contributed by atoms with van der Waals surface area (Å²) >= 11 is 0. The van der Waals surface area contributed by atoms with Crippen molar-refractivity contribution in [1.82, 2.24) is 19.5 Å². The highest BCUT2D eigenvalue weighted by Crippen LogP contribution is 2.34. The normalized spacial score (nSPS) is 21.1. The van der Waals surface area contributed by atoms with E-state index >= 15 is 0 Å². The summed E-state index contributed by atoms with van der Waals surface area (Å²) in [6, 6.07) is 7.88. The van der Waals surface area contributed by atoms with E-state index in [1.165, 1.54) is 0 Å². The van der Waals surface area contributed by atoms with E-state index in [0.717, 1.165) is 67.1 Å². The summed E-state index contributed by atoms with van der Waals surface area (Å²) in [7, 11) is 1.61. The molecule has 2 aliphatic heterocycles. The minimum Gasteiger partial charge on any atom is -0.496 e. The number of methoxy groups -OCH3 is 1. The molecule has 8 nitrogen and oxygen atoms in total. The molecule has 5 rings (SSSR count). The Morgan fingerprint density at radius 1 is 1.15 bits per heavy atom. The van der Waals surface area contributed by atoms with Gasteiger partial charge in [0, 0.05) is 43.5 Å². The molecule has 33 heavy (non-hydrogen) atoms. The molecule has 0 unspecified atom stereocenters. The zero-order chi connectivity index (χ0) is 23.1. The van der Waals surface area contributed by atoms with Crippen LogP contribution >= 0.6 is 0 Å². The quantitative estimate of drug-likeness (QED) is 0.659. The second-order valence-electron chi connectivity index (χ2n) is 9.33. The molecular weight excluding hydrogens is 416 g/mol. The van der Waals surface area contributed by atoms with Crippen molar-refractivity contribution < 1.29 is 9.53 Å². The largest absolute Gasteiger partial charge is 0.496 e. The first kappa shape index (κ1) is 21.7. The number of carbonyl (C=O) groups is 1. The number of hydrogen-bond donors (Lipinski definition) is 1. The van der Waals surface area contributed by atoms with Gasteiger partial charge in [-0.3, -0.25) is 4.79 Å². The highest BCUT2D eigenvalue weighted by molar-refractivity contribution is 5.97. The van der Waals surface area contributed by atoms with Crippen LogP contribution in [-0.2, 0) is 0 Å². The third kappa shape index (κ3) is 4.04. The van der Waals surface area contributed by atoms with E-state index < -0.39 is 0 Å². The van der Waals surface area contributed by atoms with Gasteiger partial charge < -0.3 is 20.3 Å². The van der Waals surface area contributed by atoms with Gasteiger partial charge in [-0.15, -0.1) is 0 Å². The number of hydrogen-bond acceptors (Lipinski definition) is 6. The fraction of sp³-hybridized carbons (Fsp3) is 0.480. The van der Waals surface area contributed by atoms with Crippen molar-refractivity contribution in [2.24, 2.45) is 5.73 Å². The molecule has 0 aliphatic carbocycles. The third-order valence-electron chi connectivity index (χ3n) is 6.84. The number of aryl methyl sites for hydroxylation is 2. The summed E-state index contributed by atoms with van der Waals surface area (Å²) in [5, 5.41) is 4.85. The number of nitrogens with two attached hydrogens (primary N) is 1. The Balaban J connectivity index is 1.48. The zero-order valence-electron chi connectivity index (χ0n) is 19.6. The molecule has 2 atom stereocenters. The van der Waals surface area contributed by atoms with Crippen molar-refractivity contribution in [3.8, 4) is 5.75 Å². The Morgan fingerprint density at radius 3 is 2.76 bits per heavy atom. The van der Waals surface area contributed by atoms with E-state index in [9.17, 15) is 4.79 Å². The van der Waals surface area contributed by atoms with Crippen LogP contribution in [0.25, 0.3) is 5.65 Å². The molecule has 8 heteroatoms. The van der Waals surface area contributed by atoms with Crippen molar-refractivity contribution in [3.05, 3.63) is 52.8 Å². The fourth-order valence-corrected chi connectivity index (χ4v) is 5.09. The topological polar surface area (TPSA) is 89.0 Å². The van der Waals surface area contributed by atoms with Gasteiger partial charge >= 0.3 is 0 Å². The summed E-state index contributed by atoms with van der Waals surface area (Å²) < 4.78 is 7.36. The van der Waals surface area contributed by atoms with Crippen LogP contribution in [-0.4, -0.2) is 58.2 Å². The van der Waals surface area contributed by atoms with Crippen LogP contribution in [0.5, 0.6) is 5.75 Å². The molecule has 1 amide bonds. The number of amides is 1. The van der Waals surface area contributed by atoms with Crippen molar-refractivity contribution in [2.75, 3.05) is 31.6 Å². The zero-order valence-corrected chi connectivity index (χ0v) is 19.6. The van der Waals surface area contributed by atoms with Crippen LogP contribution in [0.3, 0.4) is 0 Å². The number of carbonyl (C=O) groups excluding carboxylic acids is 1. The van der Waals surface area contributed by atoms with E-state index in [4.69, 9.17) is 20.6 Å². The monoisotopic (exact) mass is 448 g/mol. The van der Waals surface area contributed by atoms with Gasteiger partial charge in [-0.2, -0.15) is 5.10 Å². The average Bonchev–Trinajstić information content (AvgIpc) is 3.43. The van der Waals surface area contributed by atoms with Gasteiger partial charge in [-0.1, -0.05) is 6.07 Å². The number of aromatic nitrogens is 3. The highest BCUT2D eigenvalue weighted by atomic mass is 16.5. The number of likely N-dealkylation sites (tertiary alicyclic amines) is 1. The Bertz CT molecular complexity index is 1190. The van der Waals surface area contributed by atoms with Crippen molar-refractivity contribution in [2.45, 2.75) is 51.6 Å². The molecule has 174 valence electrons. The van der Waals surface area contributed by atoms with Crippen LogP contribution in [0.4, 0.5) is 5.82 Å². The van der Waals surface area contributed by atoms with Gasteiger partial charge in [0.15, 0.2) is 5.65 Å².